The predicted molar refractivity (Wildman–Crippen MR) is 424 cm³/mol. The predicted octanol–water partition coefficient (Wildman–Crippen LogP) is 20.2. The first-order chi connectivity index (χ1) is 48.2. The second-order valence-electron chi connectivity index (χ2n) is 28.4. The Morgan fingerprint density at radius 2 is 0.726 bits per heavy atom. The van der Waals surface area contributed by atoms with Crippen LogP contribution in [0.15, 0.2) is 132 Å². The van der Waals surface area contributed by atoms with E-state index in [2.05, 4.69) is 38.1 Å². The van der Waals surface area contributed by atoms with Gasteiger partial charge in [0, 0.05) is 180 Å². The fourth-order valence-electron chi connectivity index (χ4n) is 15.7. The van der Waals surface area contributed by atoms with Crippen LogP contribution >= 0.6 is 48.0 Å². The Bertz CT molecular complexity index is 3620. The number of phenols is 10. The molecule has 0 heterocycles. The van der Waals surface area contributed by atoms with E-state index in [1.807, 2.05) is 24.7 Å². The second kappa shape index (κ2) is 53.9. The van der Waals surface area contributed by atoms with E-state index in [9.17, 15) is 65.4 Å². The monoisotopic (exact) mass is 1980 g/mol. The quantitative estimate of drug-likeness (QED) is 0.0222. The van der Waals surface area contributed by atoms with Crippen molar-refractivity contribution in [2.75, 3.05) is 13.1 Å². The molecule has 6 aliphatic carbocycles. The van der Waals surface area contributed by atoms with E-state index in [0.717, 1.165) is 200 Å². The number of benzene rings is 6. The second-order valence-corrected chi connectivity index (χ2v) is 28.4. The number of carbonyl (C=O) groups excluding carboxylic acids is 3. The first-order valence-electron chi connectivity index (χ1n) is 36.2. The smallest absolute Gasteiger partial charge is 0.132 e. The van der Waals surface area contributed by atoms with Gasteiger partial charge in [-0.05, 0) is 252 Å². The van der Waals surface area contributed by atoms with E-state index in [1.165, 1.54) is 71.5 Å². The molecule has 0 spiro atoms. The molecule has 0 atom stereocenters. The van der Waals surface area contributed by atoms with E-state index in [0.29, 0.717) is 66.1 Å². The summed E-state index contributed by atoms with van der Waals surface area (Å²) in [5.74, 6) is 6.26. The van der Waals surface area contributed by atoms with Gasteiger partial charge in [0.15, 0.2) is 0 Å². The molecule has 106 heavy (non-hydrogen) atoms. The molecule has 0 aromatic heterocycles. The molecule has 0 saturated heterocycles. The number of aryl methyl sites for hydroxylation is 2. The summed E-state index contributed by atoms with van der Waals surface area (Å²) in [5, 5.41) is 104. The Kier molecular flexibility index (Phi) is 51.4. The van der Waals surface area contributed by atoms with Crippen molar-refractivity contribution in [3.8, 4) is 63.6 Å². The number of Topliss-reactive ketones (excluding diaryl/α,β-unsaturated/α-hetero) is 1. The molecular weight excluding hydrogens is 1870 g/mol. The van der Waals surface area contributed by atoms with Crippen LogP contribution in [-0.4, -0.2) is 82.5 Å². The molecule has 0 bridgehead atoms. The fourth-order valence-corrected chi connectivity index (χ4v) is 15.7. The zero-order valence-corrected chi connectivity index (χ0v) is 77.6. The number of phenolic OH excluding ortho intramolecular Hbond substituents is 10. The number of nitrogens with zero attached hydrogens (tertiary/aromatic N) is 1. The zero-order valence-electron chi connectivity index (χ0n) is 61.6. The van der Waals surface area contributed by atoms with E-state index < -0.39 is 0 Å². The van der Waals surface area contributed by atoms with Crippen LogP contribution in [0.5, 0.6) is 57.5 Å². The van der Waals surface area contributed by atoms with Gasteiger partial charge < -0.3 is 72.1 Å². The maximum atomic E-state index is 11.2. The molecule has 4 radical (unpaired) electrons. The Hall–Kier alpha value is -2.90. The van der Waals surface area contributed by atoms with Crippen molar-refractivity contribution in [2.45, 2.75) is 223 Å². The fraction of sp³-hybridized carbons (Fsp3) is 0.476. The molecule has 6 aromatic rings. The van der Waals surface area contributed by atoms with E-state index in [1.54, 1.807) is 54.6 Å². The third-order valence-electron chi connectivity index (χ3n) is 21.5. The van der Waals surface area contributed by atoms with Gasteiger partial charge in [-0.15, -0.1) is 54.4 Å². The van der Waals surface area contributed by atoms with Crippen LogP contribution in [0.3, 0.4) is 0 Å². The molecule has 0 amide bonds. The number of nitrogens with one attached hydrogen (secondary N) is 1. The Morgan fingerprint density at radius 1 is 0.425 bits per heavy atom. The summed E-state index contributed by atoms with van der Waals surface area (Å²) in [6, 6.07) is 32.9. The number of hydrogen-bond acceptors (Lipinski definition) is 15. The summed E-state index contributed by atoms with van der Waals surface area (Å²) in [5.41, 5.74) is 24.0. The Morgan fingerprint density at radius 3 is 1.03 bits per heavy atom. The number of nitrogens with two attached hydrogens (primary N) is 1. The van der Waals surface area contributed by atoms with E-state index >= 15 is 0 Å². The molecule has 6 fully saturated rings. The number of aromatic hydroxyl groups is 10. The van der Waals surface area contributed by atoms with Gasteiger partial charge in [-0.25, -0.2) is 5.57 Å². The molecule has 13 N–H and O–H groups in total. The van der Waals surface area contributed by atoms with Crippen molar-refractivity contribution < 1.29 is 196 Å². The SMILES string of the molecule is Cc1ccc(C2CCC(=O)CC2)c(C)c1.I.I.N#CC=C1CCC(c2ccc(O)cc2O)CC1.NCCC1CCC(c2ccc(O)cc2O)CC1.O=[C-]C=C1CCC(c2ccc(O)cc2O)CC1.O=[C-]CC1CCC(c2ccc(O)cc2O)CC1.[NH-]CCC1CCC(c2ccc(O)cc2O)CC1.[Y].[Y].[Y].[Y]. The van der Waals surface area contributed by atoms with Crippen LogP contribution < -0.4 is 5.73 Å². The van der Waals surface area contributed by atoms with Crippen molar-refractivity contribution in [3.05, 3.63) is 183 Å². The third kappa shape index (κ3) is 33.4. The first-order valence-corrected chi connectivity index (χ1v) is 36.2. The maximum absolute atomic E-state index is 11.2. The summed E-state index contributed by atoms with van der Waals surface area (Å²) in [4.78, 5) is 31.7. The van der Waals surface area contributed by atoms with Crippen molar-refractivity contribution in [1.82, 2.24) is 0 Å². The van der Waals surface area contributed by atoms with Gasteiger partial charge in [-0.2, -0.15) is 17.9 Å². The van der Waals surface area contributed by atoms with Gasteiger partial charge in [-0.3, -0.25) is 11.1 Å². The third-order valence-corrected chi connectivity index (χ3v) is 21.5. The topological polar surface area (TPSA) is 327 Å². The number of nitriles is 1. The number of ketones is 1. The number of halogens is 2. The normalized spacial score (nSPS) is 20.8. The van der Waals surface area contributed by atoms with Crippen LogP contribution in [-0.2, 0) is 145 Å². The van der Waals surface area contributed by atoms with Gasteiger partial charge >= 0.3 is 0 Å². The zero-order chi connectivity index (χ0) is 72.1. The molecule has 12 rings (SSSR count). The van der Waals surface area contributed by atoms with Gasteiger partial charge in [0.2, 0.25) is 0 Å². The standard InChI is InChI=1S/C14H21NO2.C14H20NO2.C14H15NO2.C14H17O3.C14H15O3.C14H18O.2HI.4Y/c5*15-8-7-10-1-3-11(4-2-10)13-6-5-12(16)9-14(13)17;1-10-3-8-14(11(2)9-10)12-4-6-13(15)7-5-12;;;;;;/h5-6,9-11,16-17H,1-4,7-8,15H2;5-6,9-11,15-17H,1-4,7-8H2;5-7,9,11,16-17H,1-4H2;5-6,9-11,16-17H,1-4,7H2;5-7,9,11,16-17H,1-4H2;3,8-9,12H,4-7H2,1-2H3;2*1H;;;;/q;-1;;2*-1;;;;;;;. The van der Waals surface area contributed by atoms with E-state index in [-0.39, 0.29) is 236 Å². The van der Waals surface area contributed by atoms with Gasteiger partial charge in [-0.1, -0.05) is 111 Å². The summed E-state index contributed by atoms with van der Waals surface area (Å²) >= 11 is 0. The van der Waals surface area contributed by atoms with E-state index in [4.69, 9.17) is 16.7 Å². The van der Waals surface area contributed by atoms with Gasteiger partial charge in [0.1, 0.15) is 63.3 Å². The molecule has 0 aliphatic heterocycles. The number of carbonyl (C=O) groups is 1. The minimum Gasteiger partial charge on any atom is -0.677 e. The van der Waals surface area contributed by atoms with Crippen molar-refractivity contribution >= 4 is 66.3 Å². The summed E-state index contributed by atoms with van der Waals surface area (Å²) < 4.78 is 0. The average Bonchev–Trinajstić information content (AvgIpc) is 0.874. The molecule has 22 heteroatoms. The molecule has 566 valence electrons. The Balaban J connectivity index is 0.000000629. The molecule has 6 aliphatic rings. The van der Waals surface area contributed by atoms with Crippen LogP contribution in [0.1, 0.15) is 253 Å². The minimum atomic E-state index is 0. The summed E-state index contributed by atoms with van der Waals surface area (Å²) in [6.45, 7) is 5.61. The summed E-state index contributed by atoms with van der Waals surface area (Å²) in [7, 11) is 0. The molecule has 6 saturated carbocycles. The number of hydrogen-bond donors (Lipinski definition) is 11. The summed E-state index contributed by atoms with van der Waals surface area (Å²) in [6.07, 6.45) is 33.7. The first kappa shape index (κ1) is 101. The molecule has 16 nitrogen and oxygen atoms in total. The van der Waals surface area contributed by atoms with Crippen LogP contribution in [0.25, 0.3) is 5.73 Å². The van der Waals surface area contributed by atoms with Gasteiger partial charge in [0.05, 0.1) is 6.07 Å². The molecular formula is C84H108I2N3O13Y4-3. The minimum absolute atomic E-state index is 0. The average molecular weight is 1980 g/mol. The number of rotatable bonds is 13. The molecule has 0 unspecified atom stereocenters. The van der Waals surface area contributed by atoms with Crippen molar-refractivity contribution in [1.29, 1.82) is 5.26 Å². The molecule has 6 aromatic carbocycles. The largest absolute Gasteiger partial charge is 0.677 e. The van der Waals surface area contributed by atoms with Crippen molar-refractivity contribution in [2.24, 2.45) is 23.5 Å². The number of allylic oxidation sites excluding steroid dienone is 4. The van der Waals surface area contributed by atoms with Crippen LogP contribution in [0.2, 0.25) is 0 Å². The van der Waals surface area contributed by atoms with Crippen LogP contribution in [0.4, 0.5) is 0 Å². The van der Waals surface area contributed by atoms with Crippen LogP contribution in [0, 0.1) is 42.9 Å². The Labute approximate surface area is 763 Å². The van der Waals surface area contributed by atoms with Crippen molar-refractivity contribution in [3.63, 3.8) is 0 Å². The van der Waals surface area contributed by atoms with Gasteiger partial charge in [0.25, 0.3) is 0 Å². The maximum Gasteiger partial charge on any atom is 0.132 e.